The normalized spacial score (nSPS) is 20.5. The van der Waals surface area contributed by atoms with Crippen molar-refractivity contribution in [2.24, 2.45) is 10.9 Å². The van der Waals surface area contributed by atoms with Gasteiger partial charge in [-0.25, -0.2) is 4.98 Å². The zero-order valence-corrected chi connectivity index (χ0v) is 23.2. The van der Waals surface area contributed by atoms with E-state index in [1.165, 1.54) is 30.7 Å². The zero-order chi connectivity index (χ0) is 29.1. The Morgan fingerprint density at radius 2 is 1.93 bits per heavy atom. The van der Waals surface area contributed by atoms with Gasteiger partial charge in [-0.1, -0.05) is 11.3 Å². The SMILES string of the molecule is COc1ccc(-c2nc(NC(=O)C3=CNC(N4CCC(C(=O)O)CC4)C=N3)sc2CN2CCCC2)cc1C(F)(F)F. The lowest BCUT2D eigenvalue weighted by Crippen LogP contribution is -2.50. The standard InChI is InChI=1S/C27H31F3N6O4S/c1-40-20-5-4-17(12-18(20)27(28,29)30)23-21(15-35-8-2-3-9-35)41-26(33-23)34-24(37)19-13-32-22(14-31-19)36-10-6-16(7-11-36)25(38)39/h4-5,12-14,16,22,32H,2-3,6-11,15H2,1H3,(H,38,39)(H,33,34,37). The molecule has 2 saturated heterocycles. The number of thiazole rings is 1. The summed E-state index contributed by atoms with van der Waals surface area (Å²) in [6, 6.07) is 3.85. The summed E-state index contributed by atoms with van der Waals surface area (Å²) in [4.78, 5) is 38.1. The van der Waals surface area contributed by atoms with E-state index >= 15 is 0 Å². The van der Waals surface area contributed by atoms with Crippen LogP contribution in [0.1, 0.15) is 36.1 Å². The Balaban J connectivity index is 1.31. The van der Waals surface area contributed by atoms with Gasteiger partial charge in [-0.2, -0.15) is 13.2 Å². The molecule has 41 heavy (non-hydrogen) atoms. The first-order valence-corrected chi connectivity index (χ1v) is 14.2. The molecule has 3 aliphatic heterocycles. The fourth-order valence-electron chi connectivity index (χ4n) is 5.26. The number of carboxylic acid groups (broad SMARTS) is 1. The smallest absolute Gasteiger partial charge is 0.419 e. The number of methoxy groups -OCH3 is 1. The summed E-state index contributed by atoms with van der Waals surface area (Å²) in [6.45, 7) is 3.48. The number of amides is 1. The quantitative estimate of drug-likeness (QED) is 0.421. The molecule has 0 aliphatic carbocycles. The first-order valence-electron chi connectivity index (χ1n) is 13.4. The van der Waals surface area contributed by atoms with Crippen LogP contribution < -0.4 is 15.4 Å². The van der Waals surface area contributed by atoms with E-state index in [0.717, 1.165) is 36.9 Å². The summed E-state index contributed by atoms with van der Waals surface area (Å²) in [7, 11) is 1.19. The van der Waals surface area contributed by atoms with Gasteiger partial charge in [0.2, 0.25) is 0 Å². The number of carboxylic acids is 1. The number of piperidine rings is 1. The van der Waals surface area contributed by atoms with E-state index in [1.807, 2.05) is 0 Å². The molecule has 4 heterocycles. The van der Waals surface area contributed by atoms with Gasteiger partial charge in [0.05, 0.1) is 24.3 Å². The number of aliphatic carboxylic acids is 1. The second-order valence-corrected chi connectivity index (χ2v) is 11.3. The number of rotatable bonds is 8. The summed E-state index contributed by atoms with van der Waals surface area (Å²) in [5.74, 6) is -1.91. The van der Waals surface area contributed by atoms with Crippen molar-refractivity contribution in [1.82, 2.24) is 20.1 Å². The first-order chi connectivity index (χ1) is 19.6. The zero-order valence-electron chi connectivity index (χ0n) is 22.4. The van der Waals surface area contributed by atoms with E-state index in [1.54, 1.807) is 12.3 Å². The number of benzene rings is 1. The van der Waals surface area contributed by atoms with E-state index in [-0.39, 0.29) is 34.2 Å². The molecule has 2 aromatic rings. The molecule has 14 heteroatoms. The van der Waals surface area contributed by atoms with Gasteiger partial charge in [0.25, 0.3) is 5.91 Å². The lowest BCUT2D eigenvalue weighted by molar-refractivity contribution is -0.143. The first kappa shape index (κ1) is 29.0. The number of carbonyl (C=O) groups is 2. The van der Waals surface area contributed by atoms with E-state index < -0.39 is 23.6 Å². The highest BCUT2D eigenvalue weighted by atomic mass is 32.1. The van der Waals surface area contributed by atoms with Gasteiger partial charge in [0, 0.05) is 42.5 Å². The molecule has 1 amide bonds. The van der Waals surface area contributed by atoms with E-state index in [0.29, 0.717) is 38.2 Å². The lowest BCUT2D eigenvalue weighted by atomic mass is 9.97. The second kappa shape index (κ2) is 12.2. The fraction of sp³-hybridized carbons (Fsp3) is 0.481. The van der Waals surface area contributed by atoms with Crippen LogP contribution in [0.3, 0.4) is 0 Å². The molecule has 0 radical (unpaired) electrons. The average Bonchev–Trinajstić information content (AvgIpc) is 3.62. The van der Waals surface area contributed by atoms with Crippen LogP contribution >= 0.6 is 11.3 Å². The van der Waals surface area contributed by atoms with Gasteiger partial charge in [0.1, 0.15) is 17.6 Å². The number of alkyl halides is 3. The second-order valence-electron chi connectivity index (χ2n) is 10.2. The van der Waals surface area contributed by atoms with Crippen molar-refractivity contribution in [3.8, 4) is 17.0 Å². The third-order valence-electron chi connectivity index (χ3n) is 7.51. The van der Waals surface area contributed by atoms with Gasteiger partial charge >= 0.3 is 12.1 Å². The molecule has 220 valence electrons. The third-order valence-corrected chi connectivity index (χ3v) is 8.47. The maximum absolute atomic E-state index is 13.7. The minimum Gasteiger partial charge on any atom is -0.496 e. The van der Waals surface area contributed by atoms with Crippen LogP contribution in [0.25, 0.3) is 11.3 Å². The van der Waals surface area contributed by atoms with Crippen molar-refractivity contribution in [1.29, 1.82) is 0 Å². The Kier molecular flexibility index (Phi) is 8.61. The van der Waals surface area contributed by atoms with Crippen LogP contribution in [0.15, 0.2) is 35.1 Å². The molecule has 5 rings (SSSR count). The molecule has 0 spiro atoms. The summed E-state index contributed by atoms with van der Waals surface area (Å²) in [6.07, 6.45) is 1.45. The number of carbonyl (C=O) groups excluding carboxylic acids is 1. The van der Waals surface area contributed by atoms with Crippen LogP contribution in [-0.4, -0.2) is 77.4 Å². The molecule has 10 nitrogen and oxygen atoms in total. The summed E-state index contributed by atoms with van der Waals surface area (Å²) < 4.78 is 46.1. The Hall–Kier alpha value is -3.49. The van der Waals surface area contributed by atoms with Crippen LogP contribution in [0, 0.1) is 5.92 Å². The van der Waals surface area contributed by atoms with Gasteiger partial charge in [-0.05, 0) is 57.0 Å². The largest absolute Gasteiger partial charge is 0.496 e. The Morgan fingerprint density at radius 1 is 1.20 bits per heavy atom. The minimum absolute atomic E-state index is 0.128. The highest BCUT2D eigenvalue weighted by Crippen LogP contribution is 2.40. The number of anilines is 1. The molecule has 1 aromatic carbocycles. The summed E-state index contributed by atoms with van der Waals surface area (Å²) >= 11 is 1.23. The predicted molar refractivity (Wildman–Crippen MR) is 148 cm³/mol. The third kappa shape index (κ3) is 6.71. The van der Waals surface area contributed by atoms with Crippen molar-refractivity contribution < 1.29 is 32.6 Å². The van der Waals surface area contributed by atoms with Crippen molar-refractivity contribution in [2.75, 3.05) is 38.6 Å². The number of nitrogens with one attached hydrogen (secondary N) is 2. The molecule has 1 unspecified atom stereocenters. The van der Waals surface area contributed by atoms with Gasteiger partial charge in [-0.3, -0.25) is 29.7 Å². The summed E-state index contributed by atoms with van der Waals surface area (Å²) in [5, 5.41) is 15.3. The molecule has 1 atom stereocenters. The van der Waals surface area contributed by atoms with Crippen LogP contribution in [-0.2, 0) is 22.3 Å². The Bertz CT molecular complexity index is 1350. The number of halogens is 3. The maximum Gasteiger partial charge on any atom is 0.419 e. The van der Waals surface area contributed by atoms with Crippen molar-refractivity contribution >= 4 is 34.6 Å². The molecule has 0 bridgehead atoms. The number of ether oxygens (including phenoxy) is 1. The minimum atomic E-state index is -4.61. The average molecular weight is 593 g/mol. The number of aromatic nitrogens is 1. The number of aliphatic imine (C=N–C) groups is 1. The molecular weight excluding hydrogens is 561 g/mol. The highest BCUT2D eigenvalue weighted by Gasteiger charge is 2.35. The van der Waals surface area contributed by atoms with Gasteiger partial charge in [-0.15, -0.1) is 0 Å². The topological polar surface area (TPSA) is 119 Å². The van der Waals surface area contributed by atoms with Crippen LogP contribution in [0.4, 0.5) is 18.3 Å². The van der Waals surface area contributed by atoms with Crippen molar-refractivity contribution in [2.45, 2.75) is 44.6 Å². The van der Waals surface area contributed by atoms with Gasteiger partial charge < -0.3 is 15.2 Å². The fourth-order valence-corrected chi connectivity index (χ4v) is 6.29. The van der Waals surface area contributed by atoms with E-state index in [2.05, 4.69) is 30.4 Å². The number of nitrogens with zero attached hydrogens (tertiary/aromatic N) is 4. The number of hydrogen-bond donors (Lipinski definition) is 3. The monoisotopic (exact) mass is 592 g/mol. The molecule has 3 N–H and O–H groups in total. The van der Waals surface area contributed by atoms with Crippen LogP contribution in [0.5, 0.6) is 5.75 Å². The molecule has 2 fully saturated rings. The lowest BCUT2D eigenvalue weighted by Gasteiger charge is -2.35. The highest BCUT2D eigenvalue weighted by molar-refractivity contribution is 7.16. The Labute approximate surface area is 238 Å². The predicted octanol–water partition coefficient (Wildman–Crippen LogP) is 4.01. The van der Waals surface area contributed by atoms with Crippen molar-refractivity contribution in [3.63, 3.8) is 0 Å². The molecular formula is C27H31F3N6O4S. The van der Waals surface area contributed by atoms with Crippen molar-refractivity contribution in [3.05, 3.63) is 40.5 Å². The van der Waals surface area contributed by atoms with E-state index in [9.17, 15) is 27.9 Å². The number of likely N-dealkylation sites (tertiary alicyclic amines) is 2. The molecule has 0 saturated carbocycles. The molecule has 1 aromatic heterocycles. The molecule has 3 aliphatic rings. The number of hydrogen-bond acceptors (Lipinski definition) is 9. The van der Waals surface area contributed by atoms with Crippen LogP contribution in [0.2, 0.25) is 0 Å². The Morgan fingerprint density at radius 3 is 2.54 bits per heavy atom. The summed E-state index contributed by atoms with van der Waals surface area (Å²) in [5.41, 5.74) is -0.0920. The van der Waals surface area contributed by atoms with E-state index in [4.69, 9.17) is 4.74 Å². The van der Waals surface area contributed by atoms with Gasteiger partial charge in [0.15, 0.2) is 5.13 Å². The maximum atomic E-state index is 13.7.